The van der Waals surface area contributed by atoms with Crippen LogP contribution in [-0.2, 0) is 13.6 Å². The number of nitrogens with one attached hydrogen (secondary N) is 3. The largest absolute Gasteiger partial charge is 0.364 e. The van der Waals surface area contributed by atoms with Crippen LogP contribution in [0.1, 0.15) is 21.6 Å². The molecule has 0 spiro atoms. The van der Waals surface area contributed by atoms with Crippen molar-refractivity contribution in [1.82, 2.24) is 30.5 Å². The van der Waals surface area contributed by atoms with Gasteiger partial charge in [-0.1, -0.05) is 11.3 Å². The second-order valence-electron chi connectivity index (χ2n) is 5.04. The Balaban J connectivity index is 1.80. The first-order valence-corrected chi connectivity index (χ1v) is 6.89. The van der Waals surface area contributed by atoms with Crippen molar-refractivity contribution >= 4 is 22.8 Å². The van der Waals surface area contributed by atoms with Crippen LogP contribution in [-0.4, -0.2) is 38.1 Å². The van der Waals surface area contributed by atoms with Gasteiger partial charge in [-0.2, -0.15) is 5.10 Å². The molecule has 0 saturated carbocycles. The molecular weight excluding hydrogens is 282 g/mol. The number of hydrogen-bond donors (Lipinski definition) is 3. The smallest absolute Gasteiger partial charge is 0.256 e. The van der Waals surface area contributed by atoms with Gasteiger partial charge >= 0.3 is 0 Å². The Labute approximate surface area is 126 Å². The SMILES string of the molecule is CNC(=O)c1c(NCc2ccc3c(c2)nnn3C)n[nH]c1C. The fourth-order valence-electron chi connectivity index (χ4n) is 2.34. The third-order valence-electron chi connectivity index (χ3n) is 3.54. The Morgan fingerprint density at radius 2 is 2.23 bits per heavy atom. The molecule has 8 nitrogen and oxygen atoms in total. The second-order valence-corrected chi connectivity index (χ2v) is 5.04. The molecule has 1 amide bonds. The van der Waals surface area contributed by atoms with Gasteiger partial charge in [-0.25, -0.2) is 4.68 Å². The summed E-state index contributed by atoms with van der Waals surface area (Å²) in [5.74, 6) is 0.370. The van der Waals surface area contributed by atoms with Crippen LogP contribution in [0.2, 0.25) is 0 Å². The standard InChI is InChI=1S/C14H17N7O/c1-8-12(14(22)15-2)13(19-17-8)16-7-9-4-5-11-10(6-9)18-20-21(11)3/h4-6H,7H2,1-3H3,(H,15,22)(H2,16,17,19). The maximum absolute atomic E-state index is 11.9. The highest BCUT2D eigenvalue weighted by molar-refractivity contribution is 5.99. The van der Waals surface area contributed by atoms with Gasteiger partial charge in [-0.05, 0) is 24.6 Å². The van der Waals surface area contributed by atoms with E-state index < -0.39 is 0 Å². The number of aromatic nitrogens is 5. The summed E-state index contributed by atoms with van der Waals surface area (Å²) in [5.41, 5.74) is 4.11. The van der Waals surface area contributed by atoms with Crippen molar-refractivity contribution in [1.29, 1.82) is 0 Å². The minimum Gasteiger partial charge on any atom is -0.364 e. The number of aryl methyl sites for hydroxylation is 2. The molecule has 22 heavy (non-hydrogen) atoms. The van der Waals surface area contributed by atoms with Crippen molar-refractivity contribution in [2.24, 2.45) is 7.05 Å². The van der Waals surface area contributed by atoms with Gasteiger partial charge in [-0.15, -0.1) is 5.10 Å². The zero-order chi connectivity index (χ0) is 15.7. The van der Waals surface area contributed by atoms with Crippen LogP contribution in [0.25, 0.3) is 11.0 Å². The molecule has 8 heteroatoms. The van der Waals surface area contributed by atoms with E-state index in [1.54, 1.807) is 11.7 Å². The van der Waals surface area contributed by atoms with Gasteiger partial charge in [0.2, 0.25) is 0 Å². The molecule has 0 bridgehead atoms. The van der Waals surface area contributed by atoms with Crippen LogP contribution >= 0.6 is 0 Å². The van der Waals surface area contributed by atoms with E-state index in [0.717, 1.165) is 22.3 Å². The number of aromatic amines is 1. The zero-order valence-corrected chi connectivity index (χ0v) is 12.6. The lowest BCUT2D eigenvalue weighted by atomic mass is 10.2. The van der Waals surface area contributed by atoms with E-state index in [-0.39, 0.29) is 5.91 Å². The van der Waals surface area contributed by atoms with Crippen molar-refractivity contribution in [3.05, 3.63) is 35.0 Å². The summed E-state index contributed by atoms with van der Waals surface area (Å²) >= 11 is 0. The van der Waals surface area contributed by atoms with Crippen LogP contribution in [0.3, 0.4) is 0 Å². The molecule has 3 rings (SSSR count). The molecule has 3 N–H and O–H groups in total. The fraction of sp³-hybridized carbons (Fsp3) is 0.286. The van der Waals surface area contributed by atoms with E-state index >= 15 is 0 Å². The summed E-state index contributed by atoms with van der Waals surface area (Å²) in [7, 11) is 3.45. The average molecular weight is 299 g/mol. The molecule has 114 valence electrons. The van der Waals surface area contributed by atoms with Crippen molar-refractivity contribution in [3.8, 4) is 0 Å². The van der Waals surface area contributed by atoms with Gasteiger partial charge in [-0.3, -0.25) is 9.89 Å². The van der Waals surface area contributed by atoms with Crippen molar-refractivity contribution < 1.29 is 4.79 Å². The fourth-order valence-corrected chi connectivity index (χ4v) is 2.34. The quantitative estimate of drug-likeness (QED) is 0.666. The maximum Gasteiger partial charge on any atom is 0.256 e. The van der Waals surface area contributed by atoms with Gasteiger partial charge < -0.3 is 10.6 Å². The number of anilines is 1. The molecule has 0 atom stereocenters. The molecule has 0 aliphatic heterocycles. The lowest BCUT2D eigenvalue weighted by molar-refractivity contribution is 0.0963. The highest BCUT2D eigenvalue weighted by Gasteiger charge is 2.16. The number of carbonyl (C=O) groups is 1. The molecule has 0 saturated heterocycles. The highest BCUT2D eigenvalue weighted by atomic mass is 16.1. The summed E-state index contributed by atoms with van der Waals surface area (Å²) in [6.07, 6.45) is 0. The minimum atomic E-state index is -0.168. The molecule has 0 radical (unpaired) electrons. The van der Waals surface area contributed by atoms with E-state index in [0.29, 0.717) is 17.9 Å². The maximum atomic E-state index is 11.9. The summed E-state index contributed by atoms with van der Waals surface area (Å²) < 4.78 is 1.73. The lowest BCUT2D eigenvalue weighted by Gasteiger charge is -2.06. The number of H-pyrrole nitrogens is 1. The highest BCUT2D eigenvalue weighted by Crippen LogP contribution is 2.18. The normalized spacial score (nSPS) is 10.9. The Morgan fingerprint density at radius 3 is 3.00 bits per heavy atom. The lowest BCUT2D eigenvalue weighted by Crippen LogP contribution is -2.19. The summed E-state index contributed by atoms with van der Waals surface area (Å²) in [6.45, 7) is 2.36. The van der Waals surface area contributed by atoms with Crippen molar-refractivity contribution in [2.75, 3.05) is 12.4 Å². The van der Waals surface area contributed by atoms with E-state index in [1.807, 2.05) is 32.2 Å². The van der Waals surface area contributed by atoms with Crippen molar-refractivity contribution in [3.63, 3.8) is 0 Å². The Bertz CT molecular complexity index is 833. The van der Waals surface area contributed by atoms with Gasteiger partial charge in [0.1, 0.15) is 11.1 Å². The Morgan fingerprint density at radius 1 is 1.41 bits per heavy atom. The number of amides is 1. The monoisotopic (exact) mass is 299 g/mol. The molecule has 0 aliphatic rings. The predicted octanol–water partition coefficient (Wildman–Crippen LogP) is 0.972. The van der Waals surface area contributed by atoms with E-state index in [9.17, 15) is 4.79 Å². The molecule has 0 aliphatic carbocycles. The molecule has 2 aromatic heterocycles. The first-order valence-electron chi connectivity index (χ1n) is 6.89. The second kappa shape index (κ2) is 5.47. The molecular formula is C14H17N7O. The van der Waals surface area contributed by atoms with E-state index in [1.165, 1.54) is 0 Å². The Kier molecular flexibility index (Phi) is 3.50. The van der Waals surface area contributed by atoms with Crippen molar-refractivity contribution in [2.45, 2.75) is 13.5 Å². The Hall–Kier alpha value is -2.90. The number of nitrogens with zero attached hydrogens (tertiary/aromatic N) is 4. The summed E-state index contributed by atoms with van der Waals surface area (Å²) in [5, 5.41) is 20.8. The van der Waals surface area contributed by atoms with Crippen LogP contribution in [0.5, 0.6) is 0 Å². The third-order valence-corrected chi connectivity index (χ3v) is 3.54. The van der Waals surface area contributed by atoms with Crippen LogP contribution in [0, 0.1) is 6.92 Å². The molecule has 2 heterocycles. The van der Waals surface area contributed by atoms with Crippen LogP contribution in [0.4, 0.5) is 5.82 Å². The molecule has 3 aromatic rings. The number of benzene rings is 1. The van der Waals surface area contributed by atoms with Crippen LogP contribution in [0.15, 0.2) is 18.2 Å². The minimum absolute atomic E-state index is 0.168. The first-order chi connectivity index (χ1) is 10.6. The first kappa shape index (κ1) is 14.1. The average Bonchev–Trinajstić information content (AvgIpc) is 3.08. The van der Waals surface area contributed by atoms with E-state index in [2.05, 4.69) is 31.1 Å². The van der Waals surface area contributed by atoms with Gasteiger partial charge in [0, 0.05) is 26.3 Å². The summed E-state index contributed by atoms with van der Waals surface area (Å²) in [6, 6.07) is 5.94. The number of fused-ring (bicyclic) bond motifs is 1. The zero-order valence-electron chi connectivity index (χ0n) is 12.6. The molecule has 1 aromatic carbocycles. The number of carbonyl (C=O) groups excluding carboxylic acids is 1. The number of rotatable bonds is 4. The summed E-state index contributed by atoms with van der Waals surface area (Å²) in [4.78, 5) is 11.9. The molecule has 0 fully saturated rings. The van der Waals surface area contributed by atoms with Gasteiger partial charge in [0.15, 0.2) is 5.82 Å². The van der Waals surface area contributed by atoms with Crippen LogP contribution < -0.4 is 10.6 Å². The topological polar surface area (TPSA) is 101 Å². The number of hydrogen-bond acceptors (Lipinski definition) is 5. The van der Waals surface area contributed by atoms with Gasteiger partial charge in [0.25, 0.3) is 5.91 Å². The third kappa shape index (κ3) is 2.39. The molecule has 0 unspecified atom stereocenters. The van der Waals surface area contributed by atoms with Gasteiger partial charge in [0.05, 0.1) is 5.52 Å². The predicted molar refractivity (Wildman–Crippen MR) is 82.6 cm³/mol. The van der Waals surface area contributed by atoms with E-state index in [4.69, 9.17) is 0 Å².